The van der Waals surface area contributed by atoms with Crippen molar-refractivity contribution in [3.63, 3.8) is 0 Å². The van der Waals surface area contributed by atoms with Crippen LogP contribution < -0.4 is 0 Å². The molecule has 1 amide bonds. The average molecular weight is 298 g/mol. The molecule has 0 spiro atoms. The molecule has 1 aliphatic carbocycles. The molecule has 0 saturated heterocycles. The highest BCUT2D eigenvalue weighted by molar-refractivity contribution is 7.99. The molecule has 0 aliphatic heterocycles. The lowest BCUT2D eigenvalue weighted by molar-refractivity contribution is -0.129. The van der Waals surface area contributed by atoms with Crippen molar-refractivity contribution < 1.29 is 4.79 Å². The van der Waals surface area contributed by atoms with Gasteiger partial charge in [-0.3, -0.25) is 4.79 Å². The van der Waals surface area contributed by atoms with Crippen LogP contribution in [0.2, 0.25) is 0 Å². The molecule has 108 valence electrons. The molecule has 0 atom stereocenters. The number of aromatic nitrogens is 1. The van der Waals surface area contributed by atoms with Gasteiger partial charge in [0.2, 0.25) is 5.91 Å². The van der Waals surface area contributed by atoms with E-state index in [-0.39, 0.29) is 5.91 Å². The van der Waals surface area contributed by atoms with Crippen LogP contribution in [0.15, 0.2) is 59.8 Å². The molecule has 4 heteroatoms. The van der Waals surface area contributed by atoms with Gasteiger partial charge in [-0.2, -0.15) is 0 Å². The third-order valence-electron chi connectivity index (χ3n) is 3.49. The van der Waals surface area contributed by atoms with Crippen LogP contribution >= 0.6 is 11.8 Å². The van der Waals surface area contributed by atoms with Crippen LogP contribution in [0.5, 0.6) is 0 Å². The standard InChI is InChI=1S/C17H18N2OS/c20-17(13-21-16-8-4-5-11-18-16)19(15-9-10-15)12-14-6-2-1-3-7-14/h1-8,11,15H,9-10,12-13H2. The van der Waals surface area contributed by atoms with Gasteiger partial charge in [0.1, 0.15) is 0 Å². The second kappa shape index (κ2) is 6.76. The lowest BCUT2D eigenvalue weighted by Gasteiger charge is -2.22. The van der Waals surface area contributed by atoms with Gasteiger partial charge in [-0.05, 0) is 30.5 Å². The van der Waals surface area contributed by atoms with Gasteiger partial charge in [0.05, 0.1) is 10.8 Å². The minimum Gasteiger partial charge on any atom is -0.335 e. The largest absolute Gasteiger partial charge is 0.335 e. The number of amides is 1. The van der Waals surface area contributed by atoms with E-state index >= 15 is 0 Å². The normalized spacial score (nSPS) is 13.9. The Kier molecular flexibility index (Phi) is 4.55. The lowest BCUT2D eigenvalue weighted by Crippen LogP contribution is -2.33. The topological polar surface area (TPSA) is 33.2 Å². The van der Waals surface area contributed by atoms with Crippen molar-refractivity contribution in [2.75, 3.05) is 5.75 Å². The molecule has 1 aliphatic rings. The molecular formula is C17H18N2OS. The predicted molar refractivity (Wildman–Crippen MR) is 85.0 cm³/mol. The summed E-state index contributed by atoms with van der Waals surface area (Å²) in [6, 6.07) is 16.4. The first kappa shape index (κ1) is 14.1. The Bertz CT molecular complexity index is 584. The Morgan fingerprint density at radius 3 is 2.57 bits per heavy atom. The highest BCUT2D eigenvalue weighted by atomic mass is 32.2. The fourth-order valence-electron chi connectivity index (χ4n) is 2.24. The van der Waals surface area contributed by atoms with Gasteiger partial charge >= 0.3 is 0 Å². The Hall–Kier alpha value is -1.81. The van der Waals surface area contributed by atoms with Gasteiger partial charge in [-0.15, -0.1) is 0 Å². The van der Waals surface area contributed by atoms with Crippen LogP contribution in [-0.2, 0) is 11.3 Å². The van der Waals surface area contributed by atoms with Crippen LogP contribution in [0, 0.1) is 0 Å². The molecule has 0 unspecified atom stereocenters. The Labute approximate surface area is 129 Å². The summed E-state index contributed by atoms with van der Waals surface area (Å²) in [6.45, 7) is 0.715. The van der Waals surface area contributed by atoms with Crippen LogP contribution in [-0.4, -0.2) is 27.6 Å². The summed E-state index contributed by atoms with van der Waals surface area (Å²) in [5.41, 5.74) is 1.19. The van der Waals surface area contributed by atoms with Gasteiger partial charge in [0.25, 0.3) is 0 Å². The summed E-state index contributed by atoms with van der Waals surface area (Å²) in [5.74, 6) is 0.664. The zero-order valence-electron chi connectivity index (χ0n) is 11.8. The highest BCUT2D eigenvalue weighted by Crippen LogP contribution is 2.29. The molecule has 1 heterocycles. The molecule has 0 radical (unpaired) electrons. The molecule has 1 fully saturated rings. The number of carbonyl (C=O) groups excluding carboxylic acids is 1. The van der Waals surface area contributed by atoms with E-state index in [1.807, 2.05) is 41.3 Å². The fraction of sp³-hybridized carbons (Fsp3) is 0.294. The van der Waals surface area contributed by atoms with Gasteiger partial charge in [-0.1, -0.05) is 48.2 Å². The minimum atomic E-state index is 0.206. The molecular weight excluding hydrogens is 280 g/mol. The van der Waals surface area contributed by atoms with Crippen LogP contribution in [0.1, 0.15) is 18.4 Å². The minimum absolute atomic E-state index is 0.206. The summed E-state index contributed by atoms with van der Waals surface area (Å²) in [7, 11) is 0. The number of benzene rings is 1. The molecule has 3 rings (SSSR count). The molecule has 0 N–H and O–H groups in total. The summed E-state index contributed by atoms with van der Waals surface area (Å²) in [4.78, 5) is 18.7. The highest BCUT2D eigenvalue weighted by Gasteiger charge is 2.32. The molecule has 1 saturated carbocycles. The zero-order valence-corrected chi connectivity index (χ0v) is 12.6. The SMILES string of the molecule is O=C(CSc1ccccn1)N(Cc1ccccc1)C1CC1. The smallest absolute Gasteiger partial charge is 0.233 e. The Balaban J connectivity index is 1.60. The molecule has 0 bridgehead atoms. The van der Waals surface area contributed by atoms with E-state index in [1.54, 1.807) is 6.20 Å². The molecule has 1 aromatic heterocycles. The van der Waals surface area contributed by atoms with Crippen LogP contribution in [0.3, 0.4) is 0 Å². The van der Waals surface area contributed by atoms with Gasteiger partial charge in [0.15, 0.2) is 0 Å². The van der Waals surface area contributed by atoms with Crippen molar-refractivity contribution in [3.8, 4) is 0 Å². The molecule has 2 aromatic rings. The van der Waals surface area contributed by atoms with Crippen LogP contribution in [0.25, 0.3) is 0 Å². The average Bonchev–Trinajstić information content (AvgIpc) is 3.37. The zero-order chi connectivity index (χ0) is 14.5. The summed E-state index contributed by atoms with van der Waals surface area (Å²) < 4.78 is 0. The van der Waals surface area contributed by atoms with Crippen molar-refractivity contribution in [2.24, 2.45) is 0 Å². The quantitative estimate of drug-likeness (QED) is 0.767. The molecule has 3 nitrogen and oxygen atoms in total. The van der Waals surface area contributed by atoms with E-state index in [0.29, 0.717) is 18.3 Å². The predicted octanol–water partition coefficient (Wildman–Crippen LogP) is 3.36. The number of nitrogens with zero attached hydrogens (tertiary/aromatic N) is 2. The Morgan fingerprint density at radius 1 is 1.14 bits per heavy atom. The summed E-state index contributed by atoms with van der Waals surface area (Å²) >= 11 is 1.51. The third kappa shape index (κ3) is 4.08. The summed E-state index contributed by atoms with van der Waals surface area (Å²) in [5, 5.41) is 0.904. The van der Waals surface area contributed by atoms with Gasteiger partial charge in [-0.25, -0.2) is 4.98 Å². The maximum Gasteiger partial charge on any atom is 0.233 e. The number of pyridine rings is 1. The van der Waals surface area contributed by atoms with Crippen molar-refractivity contribution >= 4 is 17.7 Å². The third-order valence-corrected chi connectivity index (χ3v) is 4.41. The van der Waals surface area contributed by atoms with Gasteiger partial charge in [0, 0.05) is 18.8 Å². The van der Waals surface area contributed by atoms with E-state index in [9.17, 15) is 4.79 Å². The van der Waals surface area contributed by atoms with Crippen molar-refractivity contribution in [1.29, 1.82) is 0 Å². The monoisotopic (exact) mass is 298 g/mol. The maximum absolute atomic E-state index is 12.5. The molecule has 1 aromatic carbocycles. The first-order valence-electron chi connectivity index (χ1n) is 7.20. The van der Waals surface area contributed by atoms with Crippen molar-refractivity contribution in [1.82, 2.24) is 9.88 Å². The van der Waals surface area contributed by atoms with Gasteiger partial charge < -0.3 is 4.90 Å². The fourth-order valence-corrected chi connectivity index (χ4v) is 2.99. The van der Waals surface area contributed by atoms with E-state index in [4.69, 9.17) is 0 Å². The van der Waals surface area contributed by atoms with E-state index in [2.05, 4.69) is 17.1 Å². The molecule has 21 heavy (non-hydrogen) atoms. The van der Waals surface area contributed by atoms with Crippen LogP contribution in [0.4, 0.5) is 0 Å². The summed E-state index contributed by atoms with van der Waals surface area (Å²) in [6.07, 6.45) is 4.02. The number of carbonyl (C=O) groups is 1. The number of hydrogen-bond acceptors (Lipinski definition) is 3. The van der Waals surface area contributed by atoms with Crippen molar-refractivity contribution in [2.45, 2.75) is 30.5 Å². The van der Waals surface area contributed by atoms with Crippen molar-refractivity contribution in [3.05, 3.63) is 60.3 Å². The first-order valence-corrected chi connectivity index (χ1v) is 8.19. The second-order valence-corrected chi connectivity index (χ2v) is 6.19. The number of thioether (sulfide) groups is 1. The number of hydrogen-bond donors (Lipinski definition) is 0. The van der Waals surface area contributed by atoms with E-state index in [0.717, 1.165) is 17.9 Å². The van der Waals surface area contributed by atoms with E-state index < -0.39 is 0 Å². The maximum atomic E-state index is 12.5. The second-order valence-electron chi connectivity index (χ2n) is 5.20. The lowest BCUT2D eigenvalue weighted by atomic mass is 10.2. The first-order chi connectivity index (χ1) is 10.3. The number of rotatable bonds is 6. The van der Waals surface area contributed by atoms with E-state index in [1.165, 1.54) is 17.3 Å². The Morgan fingerprint density at radius 2 is 1.90 bits per heavy atom.